The van der Waals surface area contributed by atoms with Crippen LogP contribution in [0.2, 0.25) is 0 Å². The molecular weight excluding hydrogens is 346 g/mol. The summed E-state index contributed by atoms with van der Waals surface area (Å²) in [6, 6.07) is 5.71. The molecule has 1 amide bonds. The van der Waals surface area contributed by atoms with Gasteiger partial charge in [-0.05, 0) is 31.7 Å². The molecule has 0 atom stereocenters. The third-order valence-electron chi connectivity index (χ3n) is 5.22. The second kappa shape index (κ2) is 7.38. The zero-order valence-corrected chi connectivity index (χ0v) is 15.3. The average Bonchev–Trinajstić information content (AvgIpc) is 3.54. The fourth-order valence-electron chi connectivity index (χ4n) is 3.68. The highest BCUT2D eigenvalue weighted by molar-refractivity contribution is 5.93. The number of amides is 1. The Labute approximate surface area is 157 Å². The van der Waals surface area contributed by atoms with Crippen LogP contribution in [0.3, 0.4) is 0 Å². The molecule has 3 heterocycles. The third kappa shape index (κ3) is 3.79. The van der Waals surface area contributed by atoms with Crippen molar-refractivity contribution in [1.29, 1.82) is 0 Å². The molecular formula is C19H23N5O3. The maximum atomic E-state index is 12.6. The first-order chi connectivity index (χ1) is 13.2. The van der Waals surface area contributed by atoms with Gasteiger partial charge in [-0.2, -0.15) is 0 Å². The van der Waals surface area contributed by atoms with Gasteiger partial charge in [0, 0.05) is 43.5 Å². The predicted octanol–water partition coefficient (Wildman–Crippen LogP) is 1.45. The van der Waals surface area contributed by atoms with Gasteiger partial charge in [0.25, 0.3) is 5.91 Å². The van der Waals surface area contributed by atoms with E-state index in [1.165, 1.54) is 25.1 Å². The van der Waals surface area contributed by atoms with Crippen molar-refractivity contribution in [3.8, 4) is 5.88 Å². The van der Waals surface area contributed by atoms with Crippen molar-refractivity contribution < 1.29 is 9.53 Å². The van der Waals surface area contributed by atoms with Crippen LogP contribution in [0.25, 0.3) is 0 Å². The Morgan fingerprint density at radius 2 is 1.93 bits per heavy atom. The van der Waals surface area contributed by atoms with Gasteiger partial charge in [-0.25, -0.2) is 9.97 Å². The van der Waals surface area contributed by atoms with Crippen LogP contribution in [0.4, 0.5) is 5.82 Å². The molecule has 27 heavy (non-hydrogen) atoms. The van der Waals surface area contributed by atoms with Crippen LogP contribution in [0, 0.1) is 0 Å². The molecule has 1 N–H and O–H groups in total. The van der Waals surface area contributed by atoms with Crippen LogP contribution >= 0.6 is 0 Å². The fourth-order valence-corrected chi connectivity index (χ4v) is 3.68. The van der Waals surface area contributed by atoms with Crippen molar-refractivity contribution in [2.24, 2.45) is 0 Å². The normalized spacial score (nSPS) is 17.6. The van der Waals surface area contributed by atoms with E-state index in [-0.39, 0.29) is 11.5 Å². The van der Waals surface area contributed by atoms with Crippen molar-refractivity contribution in [1.82, 2.24) is 19.9 Å². The molecule has 0 spiro atoms. The Morgan fingerprint density at radius 1 is 1.19 bits per heavy atom. The number of H-pyrrole nitrogens is 1. The summed E-state index contributed by atoms with van der Waals surface area (Å²) in [5.74, 6) is 1.43. The molecule has 1 saturated carbocycles. The second-order valence-electron chi connectivity index (χ2n) is 7.02. The molecule has 4 rings (SSSR count). The summed E-state index contributed by atoms with van der Waals surface area (Å²) in [4.78, 5) is 39.2. The summed E-state index contributed by atoms with van der Waals surface area (Å²) in [7, 11) is 1.61. The van der Waals surface area contributed by atoms with Crippen LogP contribution in [0.15, 0.2) is 35.5 Å². The highest BCUT2D eigenvalue weighted by Crippen LogP contribution is 2.36. The quantitative estimate of drug-likeness (QED) is 0.858. The standard InChI is InChI=1S/C19H23N5O3/c1-27-18-10-16(21-12-22-18)24(14-3-4-14)15-6-8-23(9-7-15)19(26)13-2-5-17(25)20-11-13/h2,5,10-12,14-15H,3-4,6-9H2,1H3,(H,20,25). The SMILES string of the molecule is COc1cc(N(C2CC2)C2CCN(C(=O)c3ccc(=O)[nH]c3)CC2)ncn1. The highest BCUT2D eigenvalue weighted by atomic mass is 16.5. The van der Waals surface area contributed by atoms with E-state index in [1.807, 2.05) is 11.0 Å². The maximum Gasteiger partial charge on any atom is 0.255 e. The highest BCUT2D eigenvalue weighted by Gasteiger charge is 2.37. The minimum absolute atomic E-state index is 0.0358. The van der Waals surface area contributed by atoms with Crippen molar-refractivity contribution in [2.75, 3.05) is 25.1 Å². The Bertz CT molecular complexity index is 851. The first-order valence-electron chi connectivity index (χ1n) is 9.28. The number of carbonyl (C=O) groups is 1. The number of hydrogen-bond donors (Lipinski definition) is 1. The lowest BCUT2D eigenvalue weighted by Gasteiger charge is -2.39. The maximum absolute atomic E-state index is 12.6. The first kappa shape index (κ1) is 17.5. The number of ether oxygens (including phenoxy) is 1. The Kier molecular flexibility index (Phi) is 4.79. The number of nitrogens with one attached hydrogen (secondary N) is 1. The molecule has 1 saturated heterocycles. The van der Waals surface area contributed by atoms with Crippen molar-refractivity contribution >= 4 is 11.7 Å². The third-order valence-corrected chi connectivity index (χ3v) is 5.22. The molecule has 2 fully saturated rings. The number of methoxy groups -OCH3 is 1. The Morgan fingerprint density at radius 3 is 2.56 bits per heavy atom. The molecule has 1 aliphatic heterocycles. The zero-order valence-electron chi connectivity index (χ0n) is 15.3. The van der Waals surface area contributed by atoms with Crippen LogP contribution < -0.4 is 15.2 Å². The Balaban J connectivity index is 1.44. The van der Waals surface area contributed by atoms with Gasteiger partial charge in [0.2, 0.25) is 11.4 Å². The van der Waals surface area contributed by atoms with Crippen LogP contribution in [0.5, 0.6) is 5.88 Å². The monoisotopic (exact) mass is 369 g/mol. The topological polar surface area (TPSA) is 91.4 Å². The molecule has 0 radical (unpaired) electrons. The average molecular weight is 369 g/mol. The molecule has 2 aromatic rings. The summed E-state index contributed by atoms with van der Waals surface area (Å²) >= 11 is 0. The van der Waals surface area contributed by atoms with Gasteiger partial charge in [-0.15, -0.1) is 0 Å². The number of likely N-dealkylation sites (tertiary alicyclic amines) is 1. The van der Waals surface area contributed by atoms with Crippen molar-refractivity contribution in [3.63, 3.8) is 0 Å². The lowest BCUT2D eigenvalue weighted by atomic mass is 10.0. The van der Waals surface area contributed by atoms with E-state index < -0.39 is 0 Å². The van der Waals surface area contributed by atoms with Gasteiger partial charge in [0.05, 0.1) is 12.7 Å². The smallest absolute Gasteiger partial charge is 0.255 e. The number of nitrogens with zero attached hydrogens (tertiary/aromatic N) is 4. The summed E-state index contributed by atoms with van der Waals surface area (Å²) < 4.78 is 5.24. The predicted molar refractivity (Wildman–Crippen MR) is 100 cm³/mol. The number of rotatable bonds is 5. The fraction of sp³-hybridized carbons (Fsp3) is 0.474. The van der Waals surface area contributed by atoms with Crippen LogP contribution in [-0.4, -0.2) is 58.0 Å². The van der Waals surface area contributed by atoms with Crippen LogP contribution in [-0.2, 0) is 0 Å². The number of aromatic nitrogens is 3. The van der Waals surface area contributed by atoms with Crippen molar-refractivity contribution in [2.45, 2.75) is 37.8 Å². The van der Waals surface area contributed by atoms with E-state index in [4.69, 9.17) is 4.74 Å². The Hall–Kier alpha value is -2.90. The summed E-state index contributed by atoms with van der Waals surface area (Å²) in [5, 5.41) is 0. The zero-order chi connectivity index (χ0) is 18.8. The van der Waals surface area contributed by atoms with Gasteiger partial charge >= 0.3 is 0 Å². The van der Waals surface area contributed by atoms with Crippen LogP contribution in [0.1, 0.15) is 36.0 Å². The van der Waals surface area contributed by atoms with E-state index >= 15 is 0 Å². The molecule has 8 nitrogen and oxygen atoms in total. The van der Waals surface area contributed by atoms with E-state index in [2.05, 4.69) is 19.9 Å². The van der Waals surface area contributed by atoms with E-state index in [0.717, 1.165) is 18.7 Å². The minimum atomic E-state index is -0.203. The molecule has 2 aromatic heterocycles. The molecule has 142 valence electrons. The lowest BCUT2D eigenvalue weighted by molar-refractivity contribution is 0.0711. The van der Waals surface area contributed by atoms with Gasteiger partial charge in [0.15, 0.2) is 0 Å². The molecule has 1 aliphatic carbocycles. The number of anilines is 1. The molecule has 2 aliphatic rings. The van der Waals surface area contributed by atoms with Gasteiger partial charge < -0.3 is 19.5 Å². The number of piperidine rings is 1. The molecule has 0 unspecified atom stereocenters. The summed E-state index contributed by atoms with van der Waals surface area (Å²) in [5.41, 5.74) is 0.318. The van der Waals surface area contributed by atoms with E-state index in [1.54, 1.807) is 19.5 Å². The van der Waals surface area contributed by atoms with Gasteiger partial charge in [0.1, 0.15) is 12.1 Å². The van der Waals surface area contributed by atoms with Gasteiger partial charge in [-0.3, -0.25) is 9.59 Å². The van der Waals surface area contributed by atoms with Crippen molar-refractivity contribution in [3.05, 3.63) is 46.6 Å². The largest absolute Gasteiger partial charge is 0.481 e. The second-order valence-corrected chi connectivity index (χ2v) is 7.02. The number of pyridine rings is 1. The molecule has 0 bridgehead atoms. The van der Waals surface area contributed by atoms with E-state index in [0.29, 0.717) is 36.6 Å². The summed E-state index contributed by atoms with van der Waals surface area (Å²) in [6.07, 6.45) is 7.14. The first-order valence-corrected chi connectivity index (χ1v) is 9.28. The lowest BCUT2D eigenvalue weighted by Crippen LogP contribution is -2.48. The number of carbonyl (C=O) groups excluding carboxylic acids is 1. The summed E-state index contributed by atoms with van der Waals surface area (Å²) in [6.45, 7) is 1.38. The van der Waals surface area contributed by atoms with Gasteiger partial charge in [-0.1, -0.05) is 0 Å². The number of hydrogen-bond acceptors (Lipinski definition) is 6. The minimum Gasteiger partial charge on any atom is -0.481 e. The molecule has 0 aromatic carbocycles. The van der Waals surface area contributed by atoms with E-state index in [9.17, 15) is 9.59 Å². The number of aromatic amines is 1. The molecule has 8 heteroatoms.